The van der Waals surface area contributed by atoms with Crippen LogP contribution in [0.15, 0.2) is 70.3 Å². The number of rotatable bonds is 6. The average Bonchev–Trinajstić information content (AvgIpc) is 2.87. The van der Waals surface area contributed by atoms with Crippen molar-refractivity contribution in [3.63, 3.8) is 0 Å². The second-order valence-corrected chi connectivity index (χ2v) is 7.50. The van der Waals surface area contributed by atoms with E-state index in [9.17, 15) is 14.4 Å². The van der Waals surface area contributed by atoms with Gasteiger partial charge >= 0.3 is 11.1 Å². The van der Waals surface area contributed by atoms with Crippen molar-refractivity contribution >= 4 is 22.6 Å². The Morgan fingerprint density at radius 3 is 1.97 bits per heavy atom. The summed E-state index contributed by atoms with van der Waals surface area (Å²) < 4.78 is 19.1. The molecule has 0 aliphatic carbocycles. The number of benzene rings is 3. The Balaban J connectivity index is 1.86. The lowest BCUT2D eigenvalue weighted by Gasteiger charge is -2.17. The molecule has 4 aromatic rings. The Morgan fingerprint density at radius 2 is 1.35 bits per heavy atom. The van der Waals surface area contributed by atoms with Crippen LogP contribution in [-0.2, 0) is 14.1 Å². The zero-order valence-electron chi connectivity index (χ0n) is 19.1. The van der Waals surface area contributed by atoms with Gasteiger partial charge in [0.2, 0.25) is 0 Å². The third kappa shape index (κ3) is 4.11. The Kier molecular flexibility index (Phi) is 6.09. The van der Waals surface area contributed by atoms with Crippen LogP contribution in [0.4, 0.5) is 5.69 Å². The van der Waals surface area contributed by atoms with E-state index in [1.54, 1.807) is 67.8 Å². The van der Waals surface area contributed by atoms with Crippen LogP contribution in [0.25, 0.3) is 11.0 Å². The first-order valence-corrected chi connectivity index (χ1v) is 10.3. The Morgan fingerprint density at radius 1 is 0.765 bits per heavy atom. The zero-order valence-corrected chi connectivity index (χ0v) is 19.1. The van der Waals surface area contributed by atoms with Gasteiger partial charge in [-0.15, -0.1) is 0 Å². The van der Waals surface area contributed by atoms with Crippen molar-refractivity contribution in [2.24, 2.45) is 14.1 Å². The Hall–Kier alpha value is -4.53. The summed E-state index contributed by atoms with van der Waals surface area (Å²) in [6.45, 7) is 0. The zero-order chi connectivity index (χ0) is 24.4. The molecule has 1 amide bonds. The second kappa shape index (κ2) is 9.14. The first kappa shape index (κ1) is 22.7. The molecule has 0 atom stereocenters. The summed E-state index contributed by atoms with van der Waals surface area (Å²) in [7, 11) is 6.06. The van der Waals surface area contributed by atoms with E-state index >= 15 is 0 Å². The van der Waals surface area contributed by atoms with Crippen molar-refractivity contribution in [2.75, 3.05) is 19.5 Å². The topological polar surface area (TPSA) is 101 Å². The standard InChI is InChI=1S/C25H23N3O6/c1-27-19-13-18(26-23(29)17-7-5-6-8-21(17)33-4)22(14-20(19)28(2)25(31)24(27)30)34-16-11-9-15(32-3)10-12-16/h5-14H,1-4H3,(H,26,29). The van der Waals surface area contributed by atoms with Crippen molar-refractivity contribution in [2.45, 2.75) is 0 Å². The minimum absolute atomic E-state index is 0.287. The normalized spacial score (nSPS) is 10.7. The summed E-state index contributed by atoms with van der Waals surface area (Å²) >= 11 is 0. The van der Waals surface area contributed by atoms with Gasteiger partial charge in [0, 0.05) is 20.2 Å². The number of hydrogen-bond acceptors (Lipinski definition) is 6. The smallest absolute Gasteiger partial charge is 0.316 e. The molecular weight excluding hydrogens is 438 g/mol. The van der Waals surface area contributed by atoms with Gasteiger partial charge in [0.1, 0.15) is 17.2 Å². The molecule has 1 aromatic heterocycles. The summed E-state index contributed by atoms with van der Waals surface area (Å²) in [5, 5.41) is 2.85. The molecule has 9 nitrogen and oxygen atoms in total. The number of anilines is 1. The number of carbonyl (C=O) groups is 1. The van der Waals surface area contributed by atoms with Crippen molar-refractivity contribution < 1.29 is 19.0 Å². The molecule has 9 heteroatoms. The molecule has 0 radical (unpaired) electrons. The van der Waals surface area contributed by atoms with Gasteiger partial charge in [0.15, 0.2) is 5.75 Å². The quantitative estimate of drug-likeness (QED) is 0.442. The lowest BCUT2D eigenvalue weighted by Crippen LogP contribution is -2.39. The van der Waals surface area contributed by atoms with Crippen molar-refractivity contribution in [3.05, 3.63) is 86.9 Å². The predicted octanol–water partition coefficient (Wildman–Crippen LogP) is 3.30. The molecule has 3 aromatic carbocycles. The number of nitrogens with one attached hydrogen (secondary N) is 1. The van der Waals surface area contributed by atoms with E-state index in [4.69, 9.17) is 14.2 Å². The average molecular weight is 461 g/mol. The van der Waals surface area contributed by atoms with Crippen molar-refractivity contribution in [1.29, 1.82) is 0 Å². The fourth-order valence-electron chi connectivity index (χ4n) is 3.58. The molecule has 1 N–H and O–H groups in total. The number of amides is 1. The molecule has 1 heterocycles. The minimum Gasteiger partial charge on any atom is -0.497 e. The lowest BCUT2D eigenvalue weighted by molar-refractivity contribution is 0.102. The van der Waals surface area contributed by atoms with Crippen LogP contribution in [0.3, 0.4) is 0 Å². The molecule has 4 rings (SSSR count). The number of nitrogens with zero attached hydrogens (tertiary/aromatic N) is 2. The maximum atomic E-state index is 13.1. The van der Waals surface area contributed by atoms with E-state index in [0.717, 1.165) is 0 Å². The van der Waals surface area contributed by atoms with Gasteiger partial charge in [-0.3, -0.25) is 14.4 Å². The number of carbonyl (C=O) groups excluding carboxylic acids is 1. The molecule has 34 heavy (non-hydrogen) atoms. The van der Waals surface area contributed by atoms with E-state index in [1.807, 2.05) is 0 Å². The monoisotopic (exact) mass is 461 g/mol. The summed E-state index contributed by atoms with van der Waals surface area (Å²) in [5.41, 5.74) is 0.204. The third-order valence-electron chi connectivity index (χ3n) is 5.48. The van der Waals surface area contributed by atoms with Crippen LogP contribution in [0, 0.1) is 0 Å². The highest BCUT2D eigenvalue weighted by molar-refractivity contribution is 6.07. The highest BCUT2D eigenvalue weighted by Gasteiger charge is 2.18. The molecular formula is C25H23N3O6. The number of para-hydroxylation sites is 1. The SMILES string of the molecule is COc1ccc(Oc2cc3c(cc2NC(=O)c2ccccc2OC)n(C)c(=O)c(=O)n3C)cc1. The van der Waals surface area contributed by atoms with E-state index in [2.05, 4.69) is 5.32 Å². The van der Waals surface area contributed by atoms with Crippen LogP contribution in [-0.4, -0.2) is 29.3 Å². The molecule has 0 unspecified atom stereocenters. The van der Waals surface area contributed by atoms with E-state index in [0.29, 0.717) is 39.5 Å². The van der Waals surface area contributed by atoms with Gasteiger partial charge in [-0.1, -0.05) is 12.1 Å². The number of aromatic nitrogens is 2. The first-order chi connectivity index (χ1) is 16.3. The van der Waals surface area contributed by atoms with E-state index in [1.165, 1.54) is 30.3 Å². The van der Waals surface area contributed by atoms with Gasteiger partial charge in [-0.25, -0.2) is 0 Å². The second-order valence-electron chi connectivity index (χ2n) is 7.50. The number of ether oxygens (including phenoxy) is 3. The molecule has 0 aliphatic rings. The number of aryl methyl sites for hydroxylation is 2. The Labute approximate surface area is 194 Å². The van der Waals surface area contributed by atoms with Crippen LogP contribution in [0.1, 0.15) is 10.4 Å². The van der Waals surface area contributed by atoms with Crippen LogP contribution in [0.5, 0.6) is 23.0 Å². The molecule has 0 aliphatic heterocycles. The largest absolute Gasteiger partial charge is 0.497 e. The van der Waals surface area contributed by atoms with Crippen LogP contribution in [0.2, 0.25) is 0 Å². The fourth-order valence-corrected chi connectivity index (χ4v) is 3.58. The molecule has 0 fully saturated rings. The van der Waals surface area contributed by atoms with Crippen molar-refractivity contribution in [1.82, 2.24) is 9.13 Å². The van der Waals surface area contributed by atoms with Gasteiger partial charge in [-0.05, 0) is 42.5 Å². The molecule has 0 saturated heterocycles. The highest BCUT2D eigenvalue weighted by Crippen LogP contribution is 2.34. The predicted molar refractivity (Wildman–Crippen MR) is 128 cm³/mol. The van der Waals surface area contributed by atoms with Crippen LogP contribution >= 0.6 is 0 Å². The molecule has 0 spiro atoms. The summed E-state index contributed by atoms with van der Waals surface area (Å²) in [5.74, 6) is 1.42. The van der Waals surface area contributed by atoms with Crippen LogP contribution < -0.4 is 30.6 Å². The minimum atomic E-state index is -0.680. The third-order valence-corrected chi connectivity index (χ3v) is 5.48. The molecule has 0 bridgehead atoms. The van der Waals surface area contributed by atoms with Gasteiger partial charge < -0.3 is 28.7 Å². The van der Waals surface area contributed by atoms with E-state index < -0.39 is 17.0 Å². The van der Waals surface area contributed by atoms with Crippen molar-refractivity contribution in [3.8, 4) is 23.0 Å². The van der Waals surface area contributed by atoms with Gasteiger partial charge in [-0.2, -0.15) is 0 Å². The highest BCUT2D eigenvalue weighted by atomic mass is 16.5. The molecule has 174 valence electrons. The number of methoxy groups -OCH3 is 2. The number of fused-ring (bicyclic) bond motifs is 1. The van der Waals surface area contributed by atoms with Gasteiger partial charge in [0.25, 0.3) is 5.91 Å². The van der Waals surface area contributed by atoms with Gasteiger partial charge in [0.05, 0.1) is 36.5 Å². The fraction of sp³-hybridized carbons (Fsp3) is 0.160. The summed E-state index contributed by atoms with van der Waals surface area (Å²) in [6.07, 6.45) is 0. The maximum Gasteiger partial charge on any atom is 0.316 e. The summed E-state index contributed by atoms with van der Waals surface area (Å²) in [4.78, 5) is 37.8. The Bertz CT molecular complexity index is 1500. The lowest BCUT2D eigenvalue weighted by atomic mass is 10.1. The molecule has 0 saturated carbocycles. The maximum absolute atomic E-state index is 13.1. The number of hydrogen-bond donors (Lipinski definition) is 1. The first-order valence-electron chi connectivity index (χ1n) is 10.3. The summed E-state index contributed by atoms with van der Waals surface area (Å²) in [6, 6.07) is 16.9. The van der Waals surface area contributed by atoms with E-state index in [-0.39, 0.29) is 5.75 Å².